The molecule has 0 amide bonds. The number of nitrogens with zero attached hydrogens (tertiary/aromatic N) is 3. The Balaban J connectivity index is 1.50. The van der Waals surface area contributed by atoms with Crippen molar-refractivity contribution < 1.29 is 8.94 Å². The van der Waals surface area contributed by atoms with Crippen molar-refractivity contribution in [2.24, 2.45) is 0 Å². The quantitative estimate of drug-likeness (QED) is 0.738. The summed E-state index contributed by atoms with van der Waals surface area (Å²) in [6.07, 6.45) is 3.87. The first kappa shape index (κ1) is 13.3. The van der Waals surface area contributed by atoms with Gasteiger partial charge in [0.25, 0.3) is 0 Å². The molecule has 0 unspecified atom stereocenters. The van der Waals surface area contributed by atoms with E-state index < -0.39 is 0 Å². The molecule has 2 aromatic heterocycles. The number of furan rings is 1. The Bertz CT molecular complexity index is 764. The summed E-state index contributed by atoms with van der Waals surface area (Å²) in [5, 5.41) is 3.98. The molecule has 22 heavy (non-hydrogen) atoms. The molecule has 1 aliphatic rings. The Kier molecular flexibility index (Phi) is 3.27. The van der Waals surface area contributed by atoms with Crippen LogP contribution >= 0.6 is 0 Å². The maximum Gasteiger partial charge on any atom is 0.241 e. The van der Waals surface area contributed by atoms with E-state index in [9.17, 15) is 0 Å². The second kappa shape index (κ2) is 5.42. The maximum absolute atomic E-state index is 5.34. The van der Waals surface area contributed by atoms with Crippen molar-refractivity contribution in [1.29, 1.82) is 0 Å². The van der Waals surface area contributed by atoms with Crippen LogP contribution in [0.15, 0.2) is 51.6 Å². The smallest absolute Gasteiger partial charge is 0.241 e. The Hall–Kier alpha value is -2.40. The number of aryl methyl sites for hydroxylation is 1. The lowest BCUT2D eigenvalue weighted by molar-refractivity contribution is 0.204. The molecule has 1 atom stereocenters. The van der Waals surface area contributed by atoms with Gasteiger partial charge in [0.1, 0.15) is 0 Å². The predicted molar refractivity (Wildman–Crippen MR) is 81.0 cm³/mol. The fourth-order valence-corrected chi connectivity index (χ4v) is 3.14. The van der Waals surface area contributed by atoms with Gasteiger partial charge < -0.3 is 8.94 Å². The summed E-state index contributed by atoms with van der Waals surface area (Å²) >= 11 is 0. The molecule has 0 saturated carbocycles. The molecule has 1 aromatic carbocycles. The Morgan fingerprint density at radius 2 is 2.14 bits per heavy atom. The molecule has 5 nitrogen and oxygen atoms in total. The lowest BCUT2D eigenvalue weighted by Crippen LogP contribution is -2.22. The fourth-order valence-electron chi connectivity index (χ4n) is 3.14. The summed E-state index contributed by atoms with van der Waals surface area (Å²) < 4.78 is 10.6. The first-order chi connectivity index (χ1) is 10.8. The van der Waals surface area contributed by atoms with Gasteiger partial charge in [-0.25, -0.2) is 0 Å². The normalized spacial score (nSPS) is 17.1. The van der Waals surface area contributed by atoms with Crippen LogP contribution in [-0.4, -0.2) is 22.1 Å². The zero-order valence-corrected chi connectivity index (χ0v) is 12.4. The summed E-state index contributed by atoms with van der Waals surface area (Å²) in [4.78, 5) is 6.68. The van der Waals surface area contributed by atoms with Gasteiger partial charge in [-0.3, -0.25) is 4.90 Å². The van der Waals surface area contributed by atoms with E-state index in [1.807, 2.05) is 12.1 Å². The molecule has 2 heterocycles. The number of aromatic nitrogens is 2. The molecular formula is C17H17N3O2. The lowest BCUT2D eigenvalue weighted by Gasteiger charge is -2.23. The van der Waals surface area contributed by atoms with Crippen molar-refractivity contribution >= 4 is 0 Å². The van der Waals surface area contributed by atoms with Crippen LogP contribution in [0.4, 0.5) is 0 Å². The first-order valence-corrected chi connectivity index (χ1v) is 7.46. The molecule has 0 radical (unpaired) electrons. The van der Waals surface area contributed by atoms with Gasteiger partial charge in [0.15, 0.2) is 5.76 Å². The number of hydrogen-bond acceptors (Lipinski definition) is 5. The summed E-state index contributed by atoms with van der Waals surface area (Å²) in [6.45, 7) is 0.632. The van der Waals surface area contributed by atoms with Crippen LogP contribution in [0.3, 0.4) is 0 Å². The monoisotopic (exact) mass is 295 g/mol. The van der Waals surface area contributed by atoms with E-state index in [4.69, 9.17) is 8.94 Å². The average molecular weight is 295 g/mol. The second-order valence-corrected chi connectivity index (χ2v) is 5.66. The number of hydrogen-bond donors (Lipinski definition) is 0. The molecule has 0 aliphatic heterocycles. The molecule has 0 bridgehead atoms. The third-order valence-electron chi connectivity index (χ3n) is 4.23. The van der Waals surface area contributed by atoms with Crippen LogP contribution in [0.2, 0.25) is 0 Å². The Morgan fingerprint density at radius 3 is 3.00 bits per heavy atom. The van der Waals surface area contributed by atoms with Gasteiger partial charge >= 0.3 is 0 Å². The SMILES string of the molecule is CN(Cc1nc(-c2ccco2)no1)[C@@H]1CCc2ccccc21. The molecule has 3 aromatic rings. The predicted octanol–water partition coefficient (Wildman–Crippen LogP) is 3.45. The molecule has 0 spiro atoms. The third-order valence-corrected chi connectivity index (χ3v) is 4.23. The number of fused-ring (bicyclic) bond motifs is 1. The van der Waals surface area contributed by atoms with Crippen LogP contribution in [0.5, 0.6) is 0 Å². The highest BCUT2D eigenvalue weighted by atomic mass is 16.5. The van der Waals surface area contributed by atoms with Gasteiger partial charge in [0.05, 0.1) is 12.8 Å². The fraction of sp³-hybridized carbons (Fsp3) is 0.294. The van der Waals surface area contributed by atoms with Gasteiger partial charge in [-0.15, -0.1) is 0 Å². The molecule has 0 N–H and O–H groups in total. The topological polar surface area (TPSA) is 55.3 Å². The highest BCUT2D eigenvalue weighted by Crippen LogP contribution is 2.35. The van der Waals surface area contributed by atoms with Crippen molar-refractivity contribution in [3.63, 3.8) is 0 Å². The minimum atomic E-state index is 0.412. The standard InChI is InChI=1S/C17H17N3O2/c1-20(14-9-8-12-5-2-3-6-13(12)14)11-16-18-17(19-22-16)15-7-4-10-21-15/h2-7,10,14H,8-9,11H2,1H3/t14-/m1/s1. The van der Waals surface area contributed by atoms with Gasteiger partial charge in [-0.1, -0.05) is 29.4 Å². The van der Waals surface area contributed by atoms with Crippen molar-refractivity contribution in [3.8, 4) is 11.6 Å². The van der Waals surface area contributed by atoms with Crippen molar-refractivity contribution in [1.82, 2.24) is 15.0 Å². The highest BCUT2D eigenvalue weighted by Gasteiger charge is 2.26. The second-order valence-electron chi connectivity index (χ2n) is 5.66. The van der Waals surface area contributed by atoms with Crippen molar-refractivity contribution in [2.75, 3.05) is 7.05 Å². The number of benzene rings is 1. The van der Waals surface area contributed by atoms with Crippen LogP contribution in [-0.2, 0) is 13.0 Å². The van der Waals surface area contributed by atoms with Gasteiger partial charge in [0.2, 0.25) is 11.7 Å². The zero-order valence-electron chi connectivity index (χ0n) is 12.4. The summed E-state index contributed by atoms with van der Waals surface area (Å²) in [5.74, 6) is 1.74. The molecule has 0 fully saturated rings. The lowest BCUT2D eigenvalue weighted by atomic mass is 10.1. The first-order valence-electron chi connectivity index (χ1n) is 7.46. The molecule has 4 rings (SSSR count). The summed E-state index contributed by atoms with van der Waals surface area (Å²) in [7, 11) is 2.10. The van der Waals surface area contributed by atoms with Crippen LogP contribution in [0.25, 0.3) is 11.6 Å². The van der Waals surface area contributed by atoms with Gasteiger partial charge in [-0.05, 0) is 43.1 Å². The van der Waals surface area contributed by atoms with E-state index in [1.54, 1.807) is 6.26 Å². The van der Waals surface area contributed by atoms with E-state index in [0.29, 0.717) is 30.1 Å². The van der Waals surface area contributed by atoms with Crippen LogP contribution < -0.4 is 0 Å². The number of rotatable bonds is 4. The third kappa shape index (κ3) is 2.33. The minimum absolute atomic E-state index is 0.412. The van der Waals surface area contributed by atoms with E-state index in [1.165, 1.54) is 11.1 Å². The minimum Gasteiger partial charge on any atom is -0.461 e. The van der Waals surface area contributed by atoms with Crippen molar-refractivity contribution in [3.05, 3.63) is 59.7 Å². The van der Waals surface area contributed by atoms with Crippen molar-refractivity contribution in [2.45, 2.75) is 25.4 Å². The molecule has 0 saturated heterocycles. The van der Waals surface area contributed by atoms with E-state index in [-0.39, 0.29) is 0 Å². The average Bonchev–Trinajstić information content (AvgIpc) is 3.27. The Labute approximate surface area is 128 Å². The zero-order chi connectivity index (χ0) is 14.9. The molecule has 5 heteroatoms. The van der Waals surface area contributed by atoms with E-state index in [2.05, 4.69) is 46.4 Å². The van der Waals surface area contributed by atoms with E-state index in [0.717, 1.165) is 12.8 Å². The highest BCUT2D eigenvalue weighted by molar-refractivity contribution is 5.44. The summed E-state index contributed by atoms with van der Waals surface area (Å²) in [6, 6.07) is 12.7. The van der Waals surface area contributed by atoms with Crippen LogP contribution in [0, 0.1) is 0 Å². The van der Waals surface area contributed by atoms with Crippen LogP contribution in [0.1, 0.15) is 29.5 Å². The van der Waals surface area contributed by atoms with Gasteiger partial charge in [0, 0.05) is 6.04 Å². The van der Waals surface area contributed by atoms with Gasteiger partial charge in [-0.2, -0.15) is 4.98 Å². The molecule has 1 aliphatic carbocycles. The summed E-state index contributed by atoms with van der Waals surface area (Å²) in [5.41, 5.74) is 2.86. The molecule has 112 valence electrons. The van der Waals surface area contributed by atoms with E-state index >= 15 is 0 Å². The largest absolute Gasteiger partial charge is 0.461 e. The molecular weight excluding hydrogens is 278 g/mol. The maximum atomic E-state index is 5.34. The Morgan fingerprint density at radius 1 is 1.23 bits per heavy atom.